The van der Waals surface area contributed by atoms with E-state index in [9.17, 15) is 4.79 Å². The molecule has 11 heavy (non-hydrogen) atoms. The first-order valence-corrected chi connectivity index (χ1v) is 3.81. The second kappa shape index (κ2) is 3.53. The highest BCUT2D eigenvalue weighted by Crippen LogP contribution is 2.03. The third-order valence-electron chi connectivity index (χ3n) is 2.05. The number of piperazine rings is 1. The van der Waals surface area contributed by atoms with Gasteiger partial charge in [0.15, 0.2) is 6.29 Å². The van der Waals surface area contributed by atoms with Gasteiger partial charge >= 0.3 is 0 Å². The van der Waals surface area contributed by atoms with E-state index in [2.05, 4.69) is 18.5 Å². The van der Waals surface area contributed by atoms with Crippen molar-refractivity contribution in [3.05, 3.63) is 12.3 Å². The summed E-state index contributed by atoms with van der Waals surface area (Å²) in [6.45, 7) is 7.55. The third-order valence-corrected chi connectivity index (χ3v) is 2.05. The summed E-state index contributed by atoms with van der Waals surface area (Å²) >= 11 is 0. The predicted molar refractivity (Wildman–Crippen MR) is 44.3 cm³/mol. The Bertz CT molecular complexity index is 159. The maximum atomic E-state index is 10.3. The standard InChI is InChI=1S/C8H14N2O/c1-8(7-11)10-5-3-9(2)4-6-10/h7H,1,3-6H2,2H3. The zero-order valence-electron chi connectivity index (χ0n) is 6.92. The number of carbonyl (C=O) groups is 1. The van der Waals surface area contributed by atoms with Crippen LogP contribution in [-0.4, -0.2) is 49.3 Å². The van der Waals surface area contributed by atoms with E-state index in [-0.39, 0.29) is 0 Å². The highest BCUT2D eigenvalue weighted by molar-refractivity contribution is 5.71. The van der Waals surface area contributed by atoms with Gasteiger partial charge < -0.3 is 9.80 Å². The Morgan fingerprint density at radius 2 is 1.91 bits per heavy atom. The van der Waals surface area contributed by atoms with Crippen LogP contribution < -0.4 is 0 Å². The molecule has 0 bridgehead atoms. The van der Waals surface area contributed by atoms with Crippen molar-refractivity contribution in [2.45, 2.75) is 0 Å². The normalized spacial score (nSPS) is 19.9. The van der Waals surface area contributed by atoms with E-state index in [1.165, 1.54) is 0 Å². The first kappa shape index (κ1) is 8.27. The quantitative estimate of drug-likeness (QED) is 0.411. The van der Waals surface area contributed by atoms with Crippen LogP contribution in [0.4, 0.5) is 0 Å². The summed E-state index contributed by atoms with van der Waals surface area (Å²) in [6.07, 6.45) is 0.825. The van der Waals surface area contributed by atoms with Gasteiger partial charge in [-0.05, 0) is 7.05 Å². The van der Waals surface area contributed by atoms with Gasteiger partial charge in [0, 0.05) is 26.2 Å². The predicted octanol–water partition coefficient (Wildman–Crippen LogP) is -0.0536. The van der Waals surface area contributed by atoms with E-state index in [1.807, 2.05) is 4.90 Å². The molecule has 0 aromatic heterocycles. The SMILES string of the molecule is C=C(C=O)N1CCN(C)CC1. The number of aldehydes is 1. The van der Waals surface area contributed by atoms with Crippen molar-refractivity contribution < 1.29 is 4.79 Å². The van der Waals surface area contributed by atoms with E-state index in [4.69, 9.17) is 0 Å². The molecule has 0 unspecified atom stereocenters. The molecule has 1 rings (SSSR count). The van der Waals surface area contributed by atoms with Gasteiger partial charge in [0.25, 0.3) is 0 Å². The van der Waals surface area contributed by atoms with Crippen LogP contribution >= 0.6 is 0 Å². The molecule has 0 aliphatic carbocycles. The maximum Gasteiger partial charge on any atom is 0.165 e. The van der Waals surface area contributed by atoms with Crippen LogP contribution in [0.15, 0.2) is 12.3 Å². The summed E-state index contributed by atoms with van der Waals surface area (Å²) in [7, 11) is 2.08. The van der Waals surface area contributed by atoms with E-state index >= 15 is 0 Å². The van der Waals surface area contributed by atoms with Crippen molar-refractivity contribution in [1.82, 2.24) is 9.80 Å². The van der Waals surface area contributed by atoms with Gasteiger partial charge in [-0.1, -0.05) is 6.58 Å². The summed E-state index contributed by atoms with van der Waals surface area (Å²) in [5.41, 5.74) is 0.609. The van der Waals surface area contributed by atoms with E-state index in [0.717, 1.165) is 32.5 Å². The van der Waals surface area contributed by atoms with Crippen molar-refractivity contribution >= 4 is 6.29 Å². The molecule has 0 spiro atoms. The van der Waals surface area contributed by atoms with Gasteiger partial charge in [-0.25, -0.2) is 0 Å². The number of nitrogens with zero attached hydrogens (tertiary/aromatic N) is 2. The van der Waals surface area contributed by atoms with Gasteiger partial charge in [-0.15, -0.1) is 0 Å². The molecule has 1 aliphatic heterocycles. The van der Waals surface area contributed by atoms with Gasteiger partial charge in [0.2, 0.25) is 0 Å². The molecular formula is C8H14N2O. The largest absolute Gasteiger partial charge is 0.367 e. The molecule has 0 radical (unpaired) electrons. The molecular weight excluding hydrogens is 140 g/mol. The Balaban J connectivity index is 2.38. The number of carbonyl (C=O) groups excluding carboxylic acids is 1. The molecule has 1 heterocycles. The van der Waals surface area contributed by atoms with Crippen molar-refractivity contribution in [1.29, 1.82) is 0 Å². The van der Waals surface area contributed by atoms with Crippen molar-refractivity contribution in [2.75, 3.05) is 33.2 Å². The lowest BCUT2D eigenvalue weighted by atomic mass is 10.3. The average molecular weight is 154 g/mol. The number of hydrogen-bond acceptors (Lipinski definition) is 3. The molecule has 0 saturated carbocycles. The molecule has 0 amide bonds. The van der Waals surface area contributed by atoms with Crippen LogP contribution in [0.1, 0.15) is 0 Å². The van der Waals surface area contributed by atoms with Gasteiger partial charge in [-0.2, -0.15) is 0 Å². The molecule has 62 valence electrons. The smallest absolute Gasteiger partial charge is 0.165 e. The highest BCUT2D eigenvalue weighted by Gasteiger charge is 2.13. The lowest BCUT2D eigenvalue weighted by Gasteiger charge is -2.33. The first-order chi connectivity index (χ1) is 5.24. The van der Waals surface area contributed by atoms with Crippen LogP contribution in [0.25, 0.3) is 0 Å². The van der Waals surface area contributed by atoms with Crippen molar-refractivity contribution in [2.24, 2.45) is 0 Å². The molecule has 3 nitrogen and oxygen atoms in total. The molecule has 0 aromatic rings. The van der Waals surface area contributed by atoms with Crippen LogP contribution in [0, 0.1) is 0 Å². The van der Waals surface area contributed by atoms with Crippen molar-refractivity contribution in [3.63, 3.8) is 0 Å². The Kier molecular flexibility index (Phi) is 2.65. The minimum Gasteiger partial charge on any atom is -0.367 e. The Morgan fingerprint density at radius 1 is 1.36 bits per heavy atom. The first-order valence-electron chi connectivity index (χ1n) is 3.81. The number of allylic oxidation sites excluding steroid dienone is 1. The molecule has 0 atom stereocenters. The summed E-state index contributed by atoms with van der Waals surface area (Å²) in [5.74, 6) is 0. The Morgan fingerprint density at radius 3 is 2.36 bits per heavy atom. The van der Waals surface area contributed by atoms with Crippen LogP contribution in [0.2, 0.25) is 0 Å². The van der Waals surface area contributed by atoms with E-state index in [1.54, 1.807) is 0 Å². The fourth-order valence-electron chi connectivity index (χ4n) is 1.17. The fraction of sp³-hybridized carbons (Fsp3) is 0.625. The molecule has 1 aliphatic rings. The summed E-state index contributed by atoms with van der Waals surface area (Å²) in [4.78, 5) is 14.6. The topological polar surface area (TPSA) is 23.6 Å². The number of hydrogen-bond donors (Lipinski definition) is 0. The zero-order chi connectivity index (χ0) is 8.27. The average Bonchev–Trinajstić information content (AvgIpc) is 2.05. The van der Waals surface area contributed by atoms with E-state index < -0.39 is 0 Å². The van der Waals surface area contributed by atoms with Crippen LogP contribution in [-0.2, 0) is 4.79 Å². The Hall–Kier alpha value is -0.830. The van der Waals surface area contributed by atoms with E-state index in [0.29, 0.717) is 5.70 Å². The van der Waals surface area contributed by atoms with Gasteiger partial charge in [0.05, 0.1) is 5.70 Å². The maximum absolute atomic E-state index is 10.3. The molecule has 0 aromatic carbocycles. The highest BCUT2D eigenvalue weighted by atomic mass is 16.1. The Labute approximate surface area is 67.3 Å². The zero-order valence-corrected chi connectivity index (χ0v) is 6.92. The second-order valence-electron chi connectivity index (χ2n) is 2.90. The summed E-state index contributed by atoms with van der Waals surface area (Å²) in [6, 6.07) is 0. The number of rotatable bonds is 2. The second-order valence-corrected chi connectivity index (χ2v) is 2.90. The molecule has 1 saturated heterocycles. The van der Waals surface area contributed by atoms with Gasteiger partial charge in [-0.3, -0.25) is 4.79 Å². The van der Waals surface area contributed by atoms with Crippen LogP contribution in [0.3, 0.4) is 0 Å². The minimum atomic E-state index is 0.609. The summed E-state index contributed by atoms with van der Waals surface area (Å²) in [5, 5.41) is 0. The fourth-order valence-corrected chi connectivity index (χ4v) is 1.17. The lowest BCUT2D eigenvalue weighted by Crippen LogP contribution is -2.43. The minimum absolute atomic E-state index is 0.609. The molecule has 3 heteroatoms. The number of likely N-dealkylation sites (N-methyl/N-ethyl adjacent to an activating group) is 1. The monoisotopic (exact) mass is 154 g/mol. The molecule has 0 N–H and O–H groups in total. The van der Waals surface area contributed by atoms with Gasteiger partial charge in [0.1, 0.15) is 0 Å². The van der Waals surface area contributed by atoms with Crippen LogP contribution in [0.5, 0.6) is 0 Å². The van der Waals surface area contributed by atoms with Crippen molar-refractivity contribution in [3.8, 4) is 0 Å². The third kappa shape index (κ3) is 2.05. The molecule has 1 fully saturated rings. The summed E-state index contributed by atoms with van der Waals surface area (Å²) < 4.78 is 0. The lowest BCUT2D eigenvalue weighted by molar-refractivity contribution is -0.106.